The van der Waals surface area contributed by atoms with Gasteiger partial charge in [0.15, 0.2) is 0 Å². The van der Waals surface area contributed by atoms with Gasteiger partial charge in [0.05, 0.1) is 25.1 Å². The summed E-state index contributed by atoms with van der Waals surface area (Å²) in [5, 5.41) is 0.525. The van der Waals surface area contributed by atoms with E-state index in [1.807, 2.05) is 25.1 Å². The van der Waals surface area contributed by atoms with E-state index < -0.39 is 12.5 Å². The highest BCUT2D eigenvalue weighted by Gasteiger charge is 2.29. The zero-order valence-electron chi connectivity index (χ0n) is 14.9. The maximum Gasteiger partial charge on any atom is 0.278 e. The average molecular weight is 390 g/mol. The molecule has 0 aliphatic carbocycles. The fourth-order valence-electron chi connectivity index (χ4n) is 3.66. The van der Waals surface area contributed by atoms with Gasteiger partial charge in [-0.15, -0.1) is 0 Å². The fraction of sp³-hybridized carbons (Fsp3) is 0.238. The molecule has 0 fully saturated rings. The van der Waals surface area contributed by atoms with E-state index in [0.29, 0.717) is 16.4 Å². The molecule has 0 unspecified atom stereocenters. The number of halogens is 3. The molecule has 0 radical (unpaired) electrons. The van der Waals surface area contributed by atoms with Crippen LogP contribution in [0.2, 0.25) is 5.02 Å². The molecule has 27 heavy (non-hydrogen) atoms. The topological polar surface area (TPSA) is 23.4 Å². The third-order valence-corrected chi connectivity index (χ3v) is 5.19. The van der Waals surface area contributed by atoms with Crippen LogP contribution in [0.15, 0.2) is 48.5 Å². The van der Waals surface area contributed by atoms with Crippen LogP contribution in [-0.4, -0.2) is 11.7 Å². The quantitative estimate of drug-likeness (QED) is 0.548. The number of hydrogen-bond donors (Lipinski definition) is 0. The van der Waals surface area contributed by atoms with E-state index in [-0.39, 0.29) is 12.3 Å². The van der Waals surface area contributed by atoms with Crippen molar-refractivity contribution in [2.45, 2.75) is 26.1 Å². The Hall–Kier alpha value is -2.37. The van der Waals surface area contributed by atoms with Crippen molar-refractivity contribution in [2.75, 3.05) is 7.11 Å². The predicted molar refractivity (Wildman–Crippen MR) is 100 cm³/mol. The average Bonchev–Trinajstić information content (AvgIpc) is 3.01. The summed E-state index contributed by atoms with van der Waals surface area (Å²) in [6.07, 6.45) is -3.03. The first-order chi connectivity index (χ1) is 13.0. The number of alkyl halides is 2. The molecular formula is C21H18ClF2NO2. The molecule has 4 rings (SSSR count). The van der Waals surface area contributed by atoms with E-state index in [4.69, 9.17) is 21.1 Å². The second kappa shape index (κ2) is 6.98. The highest BCUT2D eigenvalue weighted by atomic mass is 35.5. The first kappa shape index (κ1) is 18.0. The Morgan fingerprint density at radius 1 is 1.15 bits per heavy atom. The van der Waals surface area contributed by atoms with Crippen molar-refractivity contribution in [3.63, 3.8) is 0 Å². The number of ether oxygens (including phenoxy) is 2. The van der Waals surface area contributed by atoms with Gasteiger partial charge < -0.3 is 14.0 Å². The molecule has 0 N–H and O–H groups in total. The normalized spacial score (nSPS) is 16.0. The van der Waals surface area contributed by atoms with Gasteiger partial charge in [-0.2, -0.15) is 0 Å². The lowest BCUT2D eigenvalue weighted by atomic mass is 9.95. The zero-order chi connectivity index (χ0) is 19.1. The van der Waals surface area contributed by atoms with Crippen LogP contribution in [0.5, 0.6) is 5.75 Å². The standard InChI is InChI=1S/C21H18ClF2NO2/c1-12-15(4-3-5-19(12)26-2)20-16-10-13(22)6-8-17(16)25-14(11-27-20)7-9-18(25)21(23)24/h3-10,20-21H,11H2,1-2H3/t20-/m1/s1. The van der Waals surface area contributed by atoms with Gasteiger partial charge in [-0.25, -0.2) is 8.78 Å². The van der Waals surface area contributed by atoms with Crippen molar-refractivity contribution in [2.24, 2.45) is 0 Å². The fourth-order valence-corrected chi connectivity index (χ4v) is 3.85. The smallest absolute Gasteiger partial charge is 0.278 e. The molecule has 1 aliphatic heterocycles. The largest absolute Gasteiger partial charge is 0.496 e. The lowest BCUT2D eigenvalue weighted by Crippen LogP contribution is -2.09. The highest BCUT2D eigenvalue weighted by molar-refractivity contribution is 6.30. The van der Waals surface area contributed by atoms with Crippen LogP contribution in [0.25, 0.3) is 5.69 Å². The maximum absolute atomic E-state index is 13.6. The van der Waals surface area contributed by atoms with Crippen LogP contribution in [-0.2, 0) is 11.3 Å². The summed E-state index contributed by atoms with van der Waals surface area (Å²) < 4.78 is 40.3. The van der Waals surface area contributed by atoms with Gasteiger partial charge in [-0.1, -0.05) is 23.7 Å². The van der Waals surface area contributed by atoms with E-state index in [0.717, 1.165) is 22.4 Å². The van der Waals surface area contributed by atoms with Crippen LogP contribution >= 0.6 is 11.6 Å². The van der Waals surface area contributed by atoms with E-state index in [1.165, 1.54) is 6.07 Å². The van der Waals surface area contributed by atoms with E-state index in [2.05, 4.69) is 0 Å². The van der Waals surface area contributed by atoms with E-state index in [1.54, 1.807) is 35.9 Å². The minimum atomic E-state index is -2.59. The molecule has 0 spiro atoms. The Morgan fingerprint density at radius 2 is 1.96 bits per heavy atom. The molecule has 6 heteroatoms. The second-order valence-corrected chi connectivity index (χ2v) is 6.89. The van der Waals surface area contributed by atoms with E-state index >= 15 is 0 Å². The van der Waals surface area contributed by atoms with Gasteiger partial charge in [0, 0.05) is 16.3 Å². The van der Waals surface area contributed by atoms with Gasteiger partial charge in [-0.05, 0) is 54.4 Å². The van der Waals surface area contributed by atoms with Crippen molar-refractivity contribution in [1.82, 2.24) is 4.57 Å². The number of methoxy groups -OCH3 is 1. The minimum Gasteiger partial charge on any atom is -0.496 e. The van der Waals surface area contributed by atoms with Gasteiger partial charge >= 0.3 is 0 Å². The Bertz CT molecular complexity index is 1000. The minimum absolute atomic E-state index is 0.0554. The van der Waals surface area contributed by atoms with Crippen molar-refractivity contribution >= 4 is 11.6 Å². The van der Waals surface area contributed by atoms with Gasteiger partial charge in [0.2, 0.25) is 0 Å². The summed E-state index contributed by atoms with van der Waals surface area (Å²) in [6, 6.07) is 14.1. The molecule has 1 aromatic heterocycles. The van der Waals surface area contributed by atoms with Crippen molar-refractivity contribution in [3.05, 3.63) is 81.6 Å². The van der Waals surface area contributed by atoms with Gasteiger partial charge in [0.25, 0.3) is 6.43 Å². The summed E-state index contributed by atoms with van der Waals surface area (Å²) in [5.74, 6) is 0.747. The van der Waals surface area contributed by atoms with E-state index in [9.17, 15) is 8.78 Å². The number of aromatic nitrogens is 1. The molecule has 0 amide bonds. The molecule has 2 heterocycles. The Kier molecular flexibility index (Phi) is 4.66. The van der Waals surface area contributed by atoms with Crippen LogP contribution in [0, 0.1) is 6.92 Å². The van der Waals surface area contributed by atoms with Gasteiger partial charge in [-0.3, -0.25) is 0 Å². The summed E-state index contributed by atoms with van der Waals surface area (Å²) in [4.78, 5) is 0. The highest BCUT2D eigenvalue weighted by Crippen LogP contribution is 2.41. The van der Waals surface area contributed by atoms with Crippen LogP contribution in [0.4, 0.5) is 8.78 Å². The Morgan fingerprint density at radius 3 is 2.70 bits per heavy atom. The first-order valence-corrected chi connectivity index (χ1v) is 8.92. The third-order valence-electron chi connectivity index (χ3n) is 4.95. The number of fused-ring (bicyclic) bond motifs is 3. The summed E-state index contributed by atoms with van der Waals surface area (Å²) in [6.45, 7) is 2.16. The molecule has 3 aromatic rings. The molecule has 1 aliphatic rings. The predicted octanol–water partition coefficient (Wildman–Crippen LogP) is 6.00. The van der Waals surface area contributed by atoms with Crippen molar-refractivity contribution < 1.29 is 18.3 Å². The van der Waals surface area contributed by atoms with Crippen LogP contribution in [0.3, 0.4) is 0 Å². The number of rotatable bonds is 3. The Labute approximate surface area is 161 Å². The molecule has 0 saturated heterocycles. The van der Waals surface area contributed by atoms with Crippen LogP contribution in [0.1, 0.15) is 40.6 Å². The maximum atomic E-state index is 13.6. The SMILES string of the molecule is COc1cccc([C@H]2OCc3ccc(C(F)F)n3-c3ccc(Cl)cc32)c1C. The molecule has 2 aromatic carbocycles. The third kappa shape index (κ3) is 3.01. The summed E-state index contributed by atoms with van der Waals surface area (Å²) in [5.41, 5.74) is 3.88. The lowest BCUT2D eigenvalue weighted by molar-refractivity contribution is 0.0670. The zero-order valence-corrected chi connectivity index (χ0v) is 15.6. The van der Waals surface area contributed by atoms with Gasteiger partial charge in [0.1, 0.15) is 11.9 Å². The first-order valence-electron chi connectivity index (χ1n) is 8.55. The lowest BCUT2D eigenvalue weighted by Gasteiger charge is -2.22. The molecular weight excluding hydrogens is 372 g/mol. The molecule has 1 atom stereocenters. The number of nitrogens with zero attached hydrogens (tertiary/aromatic N) is 1. The molecule has 3 nitrogen and oxygen atoms in total. The number of hydrogen-bond acceptors (Lipinski definition) is 2. The van der Waals surface area contributed by atoms with Crippen molar-refractivity contribution in [3.8, 4) is 11.4 Å². The number of benzene rings is 2. The van der Waals surface area contributed by atoms with Crippen LogP contribution < -0.4 is 4.74 Å². The second-order valence-electron chi connectivity index (χ2n) is 6.45. The molecule has 0 bridgehead atoms. The monoisotopic (exact) mass is 389 g/mol. The summed E-state index contributed by atoms with van der Waals surface area (Å²) >= 11 is 6.25. The molecule has 140 valence electrons. The summed E-state index contributed by atoms with van der Waals surface area (Å²) in [7, 11) is 1.62. The Balaban J connectivity index is 1.95. The van der Waals surface area contributed by atoms with Crippen molar-refractivity contribution in [1.29, 1.82) is 0 Å². The molecule has 0 saturated carbocycles.